The van der Waals surface area contributed by atoms with Crippen LogP contribution in [-0.2, 0) is 21.8 Å². The number of esters is 1. The Balaban J connectivity index is 3.24. The molecule has 1 aromatic heterocycles. The summed E-state index contributed by atoms with van der Waals surface area (Å²) < 4.78 is 30.3. The molecule has 0 aromatic carbocycles. The zero-order valence-electron chi connectivity index (χ0n) is 8.84. The van der Waals surface area contributed by atoms with Gasteiger partial charge in [-0.3, -0.25) is 9.78 Å². The van der Waals surface area contributed by atoms with Crippen molar-refractivity contribution in [3.63, 3.8) is 0 Å². The van der Waals surface area contributed by atoms with Gasteiger partial charge >= 0.3 is 5.97 Å². The molecule has 17 heavy (non-hydrogen) atoms. The van der Waals surface area contributed by atoms with Crippen LogP contribution in [0.25, 0.3) is 0 Å². The quantitative estimate of drug-likeness (QED) is 0.629. The fourth-order valence-corrected chi connectivity index (χ4v) is 2.20. The van der Waals surface area contributed by atoms with Crippen LogP contribution in [0.2, 0.25) is 0 Å². The Morgan fingerprint density at radius 3 is 2.76 bits per heavy atom. The average molecular weight is 329 g/mol. The summed E-state index contributed by atoms with van der Waals surface area (Å²) in [4.78, 5) is 14.8. The third kappa shape index (κ3) is 3.35. The second-order valence-corrected chi connectivity index (χ2v) is 4.21. The lowest BCUT2D eigenvalue weighted by molar-refractivity contribution is -0.139. The van der Waals surface area contributed by atoms with Crippen molar-refractivity contribution in [1.82, 2.24) is 4.98 Å². The molecule has 0 bridgehead atoms. The molecule has 1 aromatic rings. The van der Waals surface area contributed by atoms with Crippen LogP contribution >= 0.6 is 27.5 Å². The predicted octanol–water partition coefficient (Wildman–Crippen LogP) is 3.24. The van der Waals surface area contributed by atoms with Gasteiger partial charge in [0.1, 0.15) is 5.69 Å². The van der Waals surface area contributed by atoms with Crippen LogP contribution in [0.1, 0.15) is 23.2 Å². The molecule has 0 aliphatic rings. The number of alkyl halides is 3. The topological polar surface area (TPSA) is 39.2 Å². The normalized spacial score (nSPS) is 10.7. The number of nitrogens with zero attached hydrogens (tertiary/aromatic N) is 1. The molecule has 0 saturated heterocycles. The molecule has 0 aliphatic heterocycles. The largest absolute Gasteiger partial charge is 0.469 e. The molecule has 0 spiro atoms. The Morgan fingerprint density at radius 2 is 2.29 bits per heavy atom. The summed E-state index contributed by atoms with van der Waals surface area (Å²) in [6.07, 6.45) is -1.76. The third-order valence-corrected chi connectivity index (χ3v) is 3.39. The number of aromatic nitrogens is 1. The summed E-state index contributed by atoms with van der Waals surface area (Å²) in [5.41, 5.74) is 0.233. The molecule has 3 nitrogen and oxygen atoms in total. The van der Waals surface area contributed by atoms with Gasteiger partial charge in [0.05, 0.1) is 19.4 Å². The SMILES string of the molecule is COC(=O)Cc1c(C(F)F)ncc(CCl)c1Br. The first kappa shape index (κ1) is 14.3. The number of methoxy groups -OCH3 is 1. The van der Waals surface area contributed by atoms with Crippen molar-refractivity contribution < 1.29 is 18.3 Å². The Labute approximate surface area is 110 Å². The maximum atomic E-state index is 12.7. The highest BCUT2D eigenvalue weighted by Crippen LogP contribution is 2.30. The van der Waals surface area contributed by atoms with E-state index in [-0.39, 0.29) is 17.9 Å². The second-order valence-electron chi connectivity index (χ2n) is 3.15. The number of hydrogen-bond donors (Lipinski definition) is 0. The molecule has 94 valence electrons. The predicted molar refractivity (Wildman–Crippen MR) is 62.2 cm³/mol. The number of hydrogen-bond acceptors (Lipinski definition) is 3. The van der Waals surface area contributed by atoms with Crippen molar-refractivity contribution in [3.8, 4) is 0 Å². The standard InChI is InChI=1S/C10H9BrClF2NO2/c1-17-7(16)2-6-8(11)5(3-12)4-15-9(6)10(13)14/h4,10H,2-3H2,1H3. The summed E-state index contributed by atoms with van der Waals surface area (Å²) >= 11 is 8.79. The third-order valence-electron chi connectivity index (χ3n) is 2.11. The summed E-state index contributed by atoms with van der Waals surface area (Å²) in [7, 11) is 1.19. The smallest absolute Gasteiger partial charge is 0.310 e. The highest BCUT2D eigenvalue weighted by molar-refractivity contribution is 9.10. The first-order valence-electron chi connectivity index (χ1n) is 4.58. The molecule has 0 atom stereocenters. The number of rotatable bonds is 4. The lowest BCUT2D eigenvalue weighted by atomic mass is 10.1. The minimum atomic E-state index is -2.75. The van der Waals surface area contributed by atoms with Crippen molar-refractivity contribution in [2.45, 2.75) is 18.7 Å². The average Bonchev–Trinajstić information content (AvgIpc) is 2.30. The van der Waals surface area contributed by atoms with Crippen LogP contribution in [0, 0.1) is 0 Å². The van der Waals surface area contributed by atoms with Gasteiger partial charge in [-0.1, -0.05) is 15.9 Å². The van der Waals surface area contributed by atoms with Gasteiger partial charge in [0.2, 0.25) is 0 Å². The van der Waals surface area contributed by atoms with Crippen molar-refractivity contribution >= 4 is 33.5 Å². The Hall–Kier alpha value is -0.750. The van der Waals surface area contributed by atoms with Gasteiger partial charge in [0.15, 0.2) is 0 Å². The number of halogens is 4. The molecule has 0 saturated carbocycles. The molecule has 0 unspecified atom stereocenters. The van der Waals surface area contributed by atoms with Crippen molar-refractivity contribution in [2.75, 3.05) is 7.11 Å². The van der Waals surface area contributed by atoms with Gasteiger partial charge < -0.3 is 4.74 Å². The highest BCUT2D eigenvalue weighted by Gasteiger charge is 2.21. The molecule has 1 rings (SSSR count). The van der Waals surface area contributed by atoms with Crippen molar-refractivity contribution in [3.05, 3.63) is 27.5 Å². The summed E-state index contributed by atoms with van der Waals surface area (Å²) in [6.45, 7) is 0. The maximum Gasteiger partial charge on any atom is 0.310 e. The Kier molecular flexibility index (Phi) is 5.27. The molecular weight excluding hydrogens is 319 g/mol. The summed E-state index contributed by atoms with van der Waals surface area (Å²) in [5.74, 6) is -0.494. The molecule has 0 N–H and O–H groups in total. The van der Waals surface area contributed by atoms with Crippen LogP contribution in [0.3, 0.4) is 0 Å². The summed E-state index contributed by atoms with van der Waals surface area (Å²) in [6, 6.07) is 0. The first-order valence-corrected chi connectivity index (χ1v) is 5.91. The van der Waals surface area contributed by atoms with Gasteiger partial charge in [-0.2, -0.15) is 0 Å². The lowest BCUT2D eigenvalue weighted by Gasteiger charge is -2.11. The zero-order valence-corrected chi connectivity index (χ0v) is 11.2. The number of carbonyl (C=O) groups is 1. The lowest BCUT2D eigenvalue weighted by Crippen LogP contribution is -2.10. The van der Waals surface area contributed by atoms with E-state index in [4.69, 9.17) is 11.6 Å². The van der Waals surface area contributed by atoms with Gasteiger partial charge in [-0.15, -0.1) is 11.6 Å². The molecule has 0 fully saturated rings. The molecule has 1 heterocycles. The van der Waals surface area contributed by atoms with E-state index in [0.29, 0.717) is 10.0 Å². The summed E-state index contributed by atoms with van der Waals surface area (Å²) in [5, 5.41) is 0. The van der Waals surface area contributed by atoms with Crippen LogP contribution in [0.15, 0.2) is 10.7 Å². The second kappa shape index (κ2) is 6.26. The molecule has 0 radical (unpaired) electrons. The number of carbonyl (C=O) groups excluding carboxylic acids is 1. The zero-order chi connectivity index (χ0) is 13.0. The van der Waals surface area contributed by atoms with E-state index in [1.807, 2.05) is 0 Å². The number of pyridine rings is 1. The van der Waals surface area contributed by atoms with Gasteiger partial charge in [0, 0.05) is 16.2 Å². The molecule has 7 heteroatoms. The van der Waals surface area contributed by atoms with E-state index < -0.39 is 18.1 Å². The minimum Gasteiger partial charge on any atom is -0.469 e. The van der Waals surface area contributed by atoms with Crippen LogP contribution in [0.4, 0.5) is 8.78 Å². The van der Waals surface area contributed by atoms with E-state index in [2.05, 4.69) is 25.7 Å². The van der Waals surface area contributed by atoms with Crippen LogP contribution in [-0.4, -0.2) is 18.1 Å². The van der Waals surface area contributed by atoms with E-state index >= 15 is 0 Å². The number of ether oxygens (including phenoxy) is 1. The van der Waals surface area contributed by atoms with E-state index in [0.717, 1.165) is 0 Å². The van der Waals surface area contributed by atoms with Crippen LogP contribution < -0.4 is 0 Å². The van der Waals surface area contributed by atoms with Crippen molar-refractivity contribution in [1.29, 1.82) is 0 Å². The highest BCUT2D eigenvalue weighted by atomic mass is 79.9. The molecule has 0 aliphatic carbocycles. The fraction of sp³-hybridized carbons (Fsp3) is 0.400. The van der Waals surface area contributed by atoms with E-state index in [1.165, 1.54) is 13.3 Å². The first-order chi connectivity index (χ1) is 8.01. The Morgan fingerprint density at radius 1 is 1.65 bits per heavy atom. The Bertz CT molecular complexity index is 429. The van der Waals surface area contributed by atoms with Gasteiger partial charge in [-0.25, -0.2) is 8.78 Å². The maximum absolute atomic E-state index is 12.7. The molecule has 0 amide bonds. The van der Waals surface area contributed by atoms with E-state index in [1.54, 1.807) is 0 Å². The molecular formula is C10H9BrClF2NO2. The fourth-order valence-electron chi connectivity index (χ4n) is 1.25. The van der Waals surface area contributed by atoms with Gasteiger partial charge in [0.25, 0.3) is 6.43 Å². The van der Waals surface area contributed by atoms with Gasteiger partial charge in [-0.05, 0) is 5.56 Å². The van der Waals surface area contributed by atoms with Crippen molar-refractivity contribution in [2.24, 2.45) is 0 Å². The van der Waals surface area contributed by atoms with Crippen LogP contribution in [0.5, 0.6) is 0 Å². The minimum absolute atomic E-state index is 0.116. The monoisotopic (exact) mass is 327 g/mol. The van der Waals surface area contributed by atoms with E-state index in [9.17, 15) is 13.6 Å².